The van der Waals surface area contributed by atoms with E-state index >= 15 is 0 Å². The van der Waals surface area contributed by atoms with Gasteiger partial charge in [-0.15, -0.1) is 0 Å². The van der Waals surface area contributed by atoms with Gasteiger partial charge in [-0.25, -0.2) is 0 Å². The summed E-state index contributed by atoms with van der Waals surface area (Å²) in [7, 11) is -3.28. The highest BCUT2D eigenvalue weighted by Gasteiger charge is 2.07. The van der Waals surface area contributed by atoms with Crippen molar-refractivity contribution in [3.63, 3.8) is 0 Å². The van der Waals surface area contributed by atoms with Crippen LogP contribution < -0.4 is 0 Å². The molecule has 11 heavy (non-hydrogen) atoms. The molecule has 0 fully saturated rings. The number of unbranched alkanes of at least 4 members (excludes halogenated alkanes) is 3. The van der Waals surface area contributed by atoms with Crippen LogP contribution in [-0.4, -0.2) is 14.2 Å². The molecule has 0 aromatic carbocycles. The quantitative estimate of drug-likeness (QED) is 0.674. The summed E-state index contributed by atoms with van der Waals surface area (Å²) in [6, 6.07) is 0. The molecule has 5 heteroatoms. The Morgan fingerprint density at radius 2 is 1.91 bits per heavy atom. The first kappa shape index (κ1) is 11.4. The van der Waals surface area contributed by atoms with Gasteiger partial charge in [-0.1, -0.05) is 26.2 Å². The Bertz CT molecular complexity index is 176. The highest BCUT2D eigenvalue weighted by atomic mass is 79.9. The summed E-state index contributed by atoms with van der Waals surface area (Å²) in [5.41, 5.74) is 0. The van der Waals surface area contributed by atoms with E-state index in [2.05, 4.69) is 26.5 Å². The van der Waals surface area contributed by atoms with Crippen molar-refractivity contribution in [2.24, 2.45) is 0 Å². The van der Waals surface area contributed by atoms with E-state index in [0.29, 0.717) is 6.42 Å². The van der Waals surface area contributed by atoms with Gasteiger partial charge < -0.3 is 0 Å². The van der Waals surface area contributed by atoms with Crippen LogP contribution in [-0.2, 0) is 13.4 Å². The molecule has 0 saturated heterocycles. The van der Waals surface area contributed by atoms with Crippen molar-refractivity contribution in [2.75, 3.05) is 5.75 Å². The van der Waals surface area contributed by atoms with Gasteiger partial charge in [0.1, 0.15) is 16.3 Å². The van der Waals surface area contributed by atoms with Crippen LogP contribution in [0.1, 0.15) is 32.6 Å². The SMILES string of the molecule is CCCCCCS(=O)(=O)OBr. The second-order valence-electron chi connectivity index (χ2n) is 2.39. The third kappa shape index (κ3) is 6.77. The van der Waals surface area contributed by atoms with Gasteiger partial charge in [-0.2, -0.15) is 11.7 Å². The Morgan fingerprint density at radius 3 is 2.36 bits per heavy atom. The van der Waals surface area contributed by atoms with Gasteiger partial charge in [0.25, 0.3) is 10.1 Å². The van der Waals surface area contributed by atoms with Crippen LogP contribution in [0.25, 0.3) is 0 Å². The lowest BCUT2D eigenvalue weighted by Crippen LogP contribution is -2.04. The summed E-state index contributed by atoms with van der Waals surface area (Å²) >= 11 is 2.45. The third-order valence-corrected chi connectivity index (χ3v) is 3.53. The maximum Gasteiger partial charge on any atom is 0.277 e. The molecule has 0 aromatic rings. The van der Waals surface area contributed by atoms with Gasteiger partial charge >= 0.3 is 0 Å². The predicted molar refractivity (Wildman–Crippen MR) is 47.9 cm³/mol. The fraction of sp³-hybridized carbons (Fsp3) is 1.00. The molecule has 0 atom stereocenters. The Balaban J connectivity index is 3.39. The minimum absolute atomic E-state index is 0.109. The van der Waals surface area contributed by atoms with E-state index in [9.17, 15) is 8.42 Å². The number of hydrogen-bond acceptors (Lipinski definition) is 3. The van der Waals surface area contributed by atoms with Crippen LogP contribution in [0.4, 0.5) is 0 Å². The van der Waals surface area contributed by atoms with Crippen molar-refractivity contribution in [3.05, 3.63) is 0 Å². The highest BCUT2D eigenvalue weighted by molar-refractivity contribution is 9.06. The standard InChI is InChI=1S/C6H13BrO3S/c1-2-3-4-5-6-11(8,9)10-7/h2-6H2,1H3. The molecule has 0 unspecified atom stereocenters. The van der Waals surface area contributed by atoms with Crippen LogP contribution in [0.5, 0.6) is 0 Å². The lowest BCUT2D eigenvalue weighted by molar-refractivity contribution is 0.521. The smallest absolute Gasteiger partial charge is 0.199 e. The van der Waals surface area contributed by atoms with Crippen LogP contribution in [0.3, 0.4) is 0 Å². The van der Waals surface area contributed by atoms with E-state index in [1.807, 2.05) is 0 Å². The molecule has 0 saturated carbocycles. The third-order valence-electron chi connectivity index (χ3n) is 1.34. The molecule has 0 N–H and O–H groups in total. The summed E-state index contributed by atoms with van der Waals surface area (Å²) in [5.74, 6) is 0.109. The zero-order valence-corrected chi connectivity index (χ0v) is 8.95. The molecule has 0 heterocycles. The lowest BCUT2D eigenvalue weighted by atomic mass is 10.2. The van der Waals surface area contributed by atoms with E-state index < -0.39 is 10.1 Å². The average Bonchev–Trinajstić information content (AvgIpc) is 1.99. The molecule has 0 aliphatic heterocycles. The maximum atomic E-state index is 10.7. The summed E-state index contributed by atoms with van der Waals surface area (Å²) in [5, 5.41) is 0. The summed E-state index contributed by atoms with van der Waals surface area (Å²) < 4.78 is 25.5. The van der Waals surface area contributed by atoms with Gasteiger partial charge in [0.05, 0.1) is 5.75 Å². The molecule has 0 radical (unpaired) electrons. The first-order chi connectivity index (χ1) is 5.12. The number of hydrogen-bond donors (Lipinski definition) is 0. The normalized spacial score (nSPS) is 11.8. The van der Waals surface area contributed by atoms with E-state index in [1.54, 1.807) is 0 Å². The van der Waals surface area contributed by atoms with Crippen molar-refractivity contribution in [1.29, 1.82) is 0 Å². The van der Waals surface area contributed by atoms with E-state index in [0.717, 1.165) is 19.3 Å². The van der Waals surface area contributed by atoms with Gasteiger partial charge in [0.15, 0.2) is 0 Å². The molecule has 0 rings (SSSR count). The van der Waals surface area contributed by atoms with Gasteiger partial charge in [-0.3, -0.25) is 0 Å². The molecule has 0 amide bonds. The van der Waals surface area contributed by atoms with Crippen molar-refractivity contribution < 1.29 is 11.7 Å². The first-order valence-corrected chi connectivity index (χ1v) is 5.87. The predicted octanol–water partition coefficient (Wildman–Crippen LogP) is 2.22. The van der Waals surface area contributed by atoms with Gasteiger partial charge in [-0.05, 0) is 6.42 Å². The molecule has 0 aliphatic rings. The van der Waals surface area contributed by atoms with Crippen LogP contribution >= 0.6 is 16.3 Å². The fourth-order valence-corrected chi connectivity index (χ4v) is 1.75. The Labute approximate surface area is 76.7 Å². The molecule has 0 bridgehead atoms. The van der Waals surface area contributed by atoms with Crippen LogP contribution in [0.2, 0.25) is 0 Å². The Hall–Kier alpha value is 0.390. The number of halogens is 1. The zero-order chi connectivity index (χ0) is 8.74. The van der Waals surface area contributed by atoms with Gasteiger partial charge in [0.2, 0.25) is 0 Å². The second kappa shape index (κ2) is 5.97. The monoisotopic (exact) mass is 244 g/mol. The first-order valence-electron chi connectivity index (χ1n) is 3.65. The molecule has 0 aliphatic carbocycles. The van der Waals surface area contributed by atoms with Crippen LogP contribution in [0.15, 0.2) is 0 Å². The zero-order valence-electron chi connectivity index (χ0n) is 6.55. The van der Waals surface area contributed by atoms with Crippen LogP contribution in [0, 0.1) is 0 Å². The molecular formula is C6H13BrO3S. The van der Waals surface area contributed by atoms with E-state index in [4.69, 9.17) is 0 Å². The van der Waals surface area contributed by atoms with Gasteiger partial charge in [0, 0.05) is 0 Å². The van der Waals surface area contributed by atoms with E-state index in [1.165, 1.54) is 0 Å². The number of rotatable bonds is 6. The summed E-state index contributed by atoms with van der Waals surface area (Å²) in [4.78, 5) is 0. The minimum Gasteiger partial charge on any atom is -0.199 e. The fourth-order valence-electron chi connectivity index (χ4n) is 0.737. The molecule has 0 aromatic heterocycles. The second-order valence-corrected chi connectivity index (χ2v) is 4.83. The maximum absolute atomic E-state index is 10.7. The Kier molecular flexibility index (Phi) is 6.18. The van der Waals surface area contributed by atoms with Crippen molar-refractivity contribution in [2.45, 2.75) is 32.6 Å². The largest absolute Gasteiger partial charge is 0.277 e. The Morgan fingerprint density at radius 1 is 1.27 bits per heavy atom. The topological polar surface area (TPSA) is 43.4 Å². The molecular weight excluding hydrogens is 232 g/mol. The highest BCUT2D eigenvalue weighted by Crippen LogP contribution is 2.05. The van der Waals surface area contributed by atoms with Crippen molar-refractivity contribution in [1.82, 2.24) is 0 Å². The van der Waals surface area contributed by atoms with Crippen molar-refractivity contribution >= 4 is 26.4 Å². The lowest BCUT2D eigenvalue weighted by Gasteiger charge is -1.97. The molecule has 0 spiro atoms. The average molecular weight is 245 g/mol. The minimum atomic E-state index is -3.28. The summed E-state index contributed by atoms with van der Waals surface area (Å²) in [6.07, 6.45) is 3.82. The van der Waals surface area contributed by atoms with E-state index in [-0.39, 0.29) is 5.75 Å². The summed E-state index contributed by atoms with van der Waals surface area (Å²) in [6.45, 7) is 2.08. The molecule has 68 valence electrons. The van der Waals surface area contributed by atoms with Crippen molar-refractivity contribution in [3.8, 4) is 0 Å². The molecule has 3 nitrogen and oxygen atoms in total.